The maximum Gasteiger partial charge on any atom is 0.274 e. The maximum absolute atomic E-state index is 12.7. The predicted molar refractivity (Wildman–Crippen MR) is 104 cm³/mol. The fraction of sp³-hybridized carbons (Fsp3) is 0.476. The molecule has 0 aliphatic carbocycles. The molecule has 0 radical (unpaired) electrons. The molecule has 4 heterocycles. The molecule has 0 bridgehead atoms. The van der Waals surface area contributed by atoms with E-state index in [0.29, 0.717) is 24.7 Å². The molecule has 2 atom stereocenters. The Balaban J connectivity index is 1.44. The molecule has 1 amide bonds. The lowest BCUT2D eigenvalue weighted by atomic mass is 9.74. The Labute approximate surface area is 164 Å². The van der Waals surface area contributed by atoms with Gasteiger partial charge in [-0.2, -0.15) is 0 Å². The molecule has 0 unspecified atom stereocenters. The van der Waals surface area contributed by atoms with Crippen LogP contribution in [0.1, 0.15) is 34.8 Å². The minimum absolute atomic E-state index is 0.0440. The van der Waals surface area contributed by atoms with Crippen LogP contribution in [0.15, 0.2) is 36.7 Å². The molecule has 1 aromatic heterocycles. The number of aliphatic hydroxyl groups is 1. The highest BCUT2D eigenvalue weighted by molar-refractivity contribution is 5.92. The molecular weight excluding hydrogens is 356 g/mol. The van der Waals surface area contributed by atoms with Gasteiger partial charge in [-0.15, -0.1) is 0 Å². The lowest BCUT2D eigenvalue weighted by Gasteiger charge is -2.37. The summed E-state index contributed by atoms with van der Waals surface area (Å²) in [6, 6.07) is 8.03. The lowest BCUT2D eigenvalue weighted by Crippen LogP contribution is -2.42. The molecule has 146 valence electrons. The summed E-state index contributed by atoms with van der Waals surface area (Å²) >= 11 is 0. The van der Waals surface area contributed by atoms with Gasteiger partial charge in [0.25, 0.3) is 5.91 Å². The highest BCUT2D eigenvalue weighted by Crippen LogP contribution is 2.49. The second-order valence-electron chi connectivity index (χ2n) is 8.04. The first-order valence-corrected chi connectivity index (χ1v) is 9.89. The van der Waals surface area contributed by atoms with Crippen LogP contribution in [0.4, 0.5) is 5.82 Å². The number of aliphatic hydroxyl groups excluding tert-OH is 1. The molecule has 3 aliphatic rings. The van der Waals surface area contributed by atoms with E-state index in [1.807, 2.05) is 23.1 Å². The normalized spacial score (nSPS) is 26.0. The summed E-state index contributed by atoms with van der Waals surface area (Å²) in [5.41, 5.74) is 1.15. The minimum Gasteiger partial charge on any atom is -0.493 e. The van der Waals surface area contributed by atoms with Crippen molar-refractivity contribution in [3.63, 3.8) is 0 Å². The lowest BCUT2D eigenvalue weighted by molar-refractivity contribution is 0.0535. The minimum atomic E-state index is -0.370. The zero-order chi connectivity index (χ0) is 19.1. The van der Waals surface area contributed by atoms with Gasteiger partial charge in [0.05, 0.1) is 31.0 Å². The van der Waals surface area contributed by atoms with Gasteiger partial charge in [-0.25, -0.2) is 4.98 Å². The molecule has 0 saturated carbocycles. The zero-order valence-corrected chi connectivity index (χ0v) is 15.8. The Morgan fingerprint density at radius 1 is 1.25 bits per heavy atom. The van der Waals surface area contributed by atoms with Crippen LogP contribution in [0.3, 0.4) is 0 Å². The molecule has 3 aliphatic heterocycles. The van der Waals surface area contributed by atoms with Crippen LogP contribution < -0.4 is 9.64 Å². The molecular formula is C21H24N4O3. The number of para-hydroxylation sites is 1. The third kappa shape index (κ3) is 2.73. The number of benzene rings is 1. The van der Waals surface area contributed by atoms with Crippen molar-refractivity contribution in [3.05, 3.63) is 47.9 Å². The average Bonchev–Trinajstić information content (AvgIpc) is 3.42. The predicted octanol–water partition coefficient (Wildman–Crippen LogP) is 1.69. The van der Waals surface area contributed by atoms with E-state index in [-0.39, 0.29) is 23.8 Å². The number of amides is 1. The Morgan fingerprint density at radius 2 is 2.07 bits per heavy atom. The topological polar surface area (TPSA) is 78.8 Å². The van der Waals surface area contributed by atoms with E-state index in [4.69, 9.17) is 4.74 Å². The van der Waals surface area contributed by atoms with Crippen molar-refractivity contribution >= 4 is 11.7 Å². The third-order valence-electron chi connectivity index (χ3n) is 6.33. The summed E-state index contributed by atoms with van der Waals surface area (Å²) in [6.07, 6.45) is 5.35. The summed E-state index contributed by atoms with van der Waals surface area (Å²) in [5.74, 6) is 1.68. The molecule has 5 rings (SSSR count). The smallest absolute Gasteiger partial charge is 0.274 e. The largest absolute Gasteiger partial charge is 0.493 e. The van der Waals surface area contributed by atoms with Gasteiger partial charge < -0.3 is 19.6 Å². The van der Waals surface area contributed by atoms with E-state index in [9.17, 15) is 9.90 Å². The quantitative estimate of drug-likeness (QED) is 0.873. The van der Waals surface area contributed by atoms with Gasteiger partial charge in [0.1, 0.15) is 17.3 Å². The SMILES string of the molecule is O=C(c1cncc(N2C[C@H]3c4ccccc4OC[C@@]3(CO)C2)n1)N1CCCC1. The number of anilines is 1. The third-order valence-corrected chi connectivity index (χ3v) is 6.33. The van der Waals surface area contributed by atoms with Crippen LogP contribution in [0.2, 0.25) is 0 Å². The van der Waals surface area contributed by atoms with E-state index >= 15 is 0 Å². The monoisotopic (exact) mass is 380 g/mol. The van der Waals surface area contributed by atoms with Crippen LogP contribution in [-0.4, -0.2) is 65.3 Å². The highest BCUT2D eigenvalue weighted by Gasteiger charge is 2.51. The number of hydrogen-bond donors (Lipinski definition) is 1. The number of likely N-dealkylation sites (tertiary alicyclic amines) is 1. The van der Waals surface area contributed by atoms with E-state index in [2.05, 4.69) is 20.9 Å². The average molecular weight is 380 g/mol. The summed E-state index contributed by atoms with van der Waals surface area (Å²) in [7, 11) is 0. The molecule has 1 aromatic carbocycles. The first kappa shape index (κ1) is 17.4. The van der Waals surface area contributed by atoms with Crippen LogP contribution in [0, 0.1) is 5.41 Å². The number of nitrogens with zero attached hydrogens (tertiary/aromatic N) is 4. The van der Waals surface area contributed by atoms with E-state index in [1.165, 1.54) is 0 Å². The Kier molecular flexibility index (Phi) is 4.19. The van der Waals surface area contributed by atoms with Crippen LogP contribution >= 0.6 is 0 Å². The fourth-order valence-corrected chi connectivity index (χ4v) is 4.74. The van der Waals surface area contributed by atoms with Gasteiger partial charge in [-0.1, -0.05) is 18.2 Å². The van der Waals surface area contributed by atoms with Gasteiger partial charge in [0.15, 0.2) is 0 Å². The molecule has 2 fully saturated rings. The maximum atomic E-state index is 12.7. The zero-order valence-electron chi connectivity index (χ0n) is 15.8. The highest BCUT2D eigenvalue weighted by atomic mass is 16.5. The number of ether oxygens (including phenoxy) is 1. The van der Waals surface area contributed by atoms with Gasteiger partial charge in [-0.3, -0.25) is 9.78 Å². The standard InChI is InChI=1S/C21H24N4O3/c26-13-21-12-25(11-16(21)15-5-1-2-6-18(15)28-14-21)19-10-22-9-17(23-19)20(27)24-7-3-4-8-24/h1-2,5-6,9-10,16,26H,3-4,7-8,11-14H2/t16-,21-/m0/s1. The second-order valence-corrected chi connectivity index (χ2v) is 8.04. The number of carbonyl (C=O) groups is 1. The molecule has 7 nitrogen and oxygen atoms in total. The van der Waals surface area contributed by atoms with Gasteiger partial charge >= 0.3 is 0 Å². The van der Waals surface area contributed by atoms with Crippen LogP contribution in [0.5, 0.6) is 5.75 Å². The Hall–Kier alpha value is -2.67. The number of rotatable bonds is 3. The van der Waals surface area contributed by atoms with Crippen molar-refractivity contribution < 1.29 is 14.6 Å². The molecule has 2 saturated heterocycles. The molecule has 0 spiro atoms. The molecule has 2 aromatic rings. The molecule has 1 N–H and O–H groups in total. The van der Waals surface area contributed by atoms with Crippen LogP contribution in [-0.2, 0) is 0 Å². The van der Waals surface area contributed by atoms with Gasteiger partial charge in [0.2, 0.25) is 0 Å². The molecule has 7 heteroatoms. The van der Waals surface area contributed by atoms with Crippen molar-refractivity contribution in [2.75, 3.05) is 44.3 Å². The number of carbonyl (C=O) groups excluding carboxylic acids is 1. The Morgan fingerprint density at radius 3 is 2.89 bits per heavy atom. The number of hydrogen-bond acceptors (Lipinski definition) is 6. The van der Waals surface area contributed by atoms with Crippen molar-refractivity contribution in [2.45, 2.75) is 18.8 Å². The summed E-state index contributed by atoms with van der Waals surface area (Å²) in [6.45, 7) is 3.44. The summed E-state index contributed by atoms with van der Waals surface area (Å²) in [4.78, 5) is 25.6. The first-order chi connectivity index (χ1) is 13.7. The van der Waals surface area contributed by atoms with E-state index < -0.39 is 0 Å². The van der Waals surface area contributed by atoms with Crippen molar-refractivity contribution in [3.8, 4) is 5.75 Å². The first-order valence-electron chi connectivity index (χ1n) is 9.89. The summed E-state index contributed by atoms with van der Waals surface area (Å²) < 4.78 is 5.96. The number of fused-ring (bicyclic) bond motifs is 3. The van der Waals surface area contributed by atoms with Crippen molar-refractivity contribution in [1.29, 1.82) is 0 Å². The summed E-state index contributed by atoms with van der Waals surface area (Å²) in [5, 5.41) is 10.2. The second kappa shape index (κ2) is 6.74. The van der Waals surface area contributed by atoms with Gasteiger partial charge in [-0.05, 0) is 24.5 Å². The van der Waals surface area contributed by atoms with Crippen molar-refractivity contribution in [2.24, 2.45) is 5.41 Å². The van der Waals surface area contributed by atoms with Crippen molar-refractivity contribution in [1.82, 2.24) is 14.9 Å². The Bertz CT molecular complexity index is 899. The van der Waals surface area contributed by atoms with E-state index in [1.54, 1.807) is 12.4 Å². The number of aromatic nitrogens is 2. The van der Waals surface area contributed by atoms with Gasteiger partial charge in [0, 0.05) is 32.1 Å². The fourth-order valence-electron chi connectivity index (χ4n) is 4.74. The van der Waals surface area contributed by atoms with Crippen LogP contribution in [0.25, 0.3) is 0 Å². The van der Waals surface area contributed by atoms with E-state index in [0.717, 1.165) is 43.8 Å². The molecule has 28 heavy (non-hydrogen) atoms.